The Bertz CT molecular complexity index is 1580. The minimum atomic E-state index is -2.96. The summed E-state index contributed by atoms with van der Waals surface area (Å²) < 4.78 is 33.7. The molecule has 0 aliphatic heterocycles. The van der Waals surface area contributed by atoms with Gasteiger partial charge in [-0.15, -0.1) is 5.10 Å². The molecule has 2 aromatic carbocycles. The Balaban J connectivity index is 1.75. The van der Waals surface area contributed by atoms with Crippen molar-refractivity contribution in [2.75, 3.05) is 11.1 Å². The summed E-state index contributed by atoms with van der Waals surface area (Å²) in [5.41, 5.74) is 11.3. The van der Waals surface area contributed by atoms with Crippen molar-refractivity contribution in [3.63, 3.8) is 0 Å². The number of hydrogen-bond acceptors (Lipinski definition) is 6. The number of anilines is 2. The number of nitrogens with one attached hydrogen (secondary N) is 1. The van der Waals surface area contributed by atoms with Crippen LogP contribution in [-0.4, -0.2) is 36.9 Å². The molecule has 36 heavy (non-hydrogen) atoms. The van der Waals surface area contributed by atoms with Crippen LogP contribution in [0.15, 0.2) is 67.0 Å². The van der Waals surface area contributed by atoms with Gasteiger partial charge in [-0.1, -0.05) is 12.1 Å². The third-order valence-electron chi connectivity index (χ3n) is 5.58. The van der Waals surface area contributed by atoms with Gasteiger partial charge >= 0.3 is 6.61 Å². The van der Waals surface area contributed by atoms with Crippen molar-refractivity contribution in [2.45, 2.75) is 20.5 Å². The SMILES string of the molecule is CC(=O)Nc1nc2c(-c3cccc(OC(F)F)c3)c(C)c(-c3ccnn3-c3ccc(N)cc3)cn2n1. The van der Waals surface area contributed by atoms with Gasteiger partial charge in [0.05, 0.1) is 17.6 Å². The van der Waals surface area contributed by atoms with Gasteiger partial charge in [0.15, 0.2) is 5.65 Å². The number of hydrogen-bond donors (Lipinski definition) is 2. The Hall–Kier alpha value is -4.80. The minimum Gasteiger partial charge on any atom is -0.435 e. The first-order valence-corrected chi connectivity index (χ1v) is 10.9. The van der Waals surface area contributed by atoms with Crippen LogP contribution in [0.4, 0.5) is 20.4 Å². The lowest BCUT2D eigenvalue weighted by Crippen LogP contribution is -2.07. The zero-order valence-electron chi connectivity index (χ0n) is 19.3. The van der Waals surface area contributed by atoms with Crippen molar-refractivity contribution >= 4 is 23.2 Å². The van der Waals surface area contributed by atoms with Crippen LogP contribution in [-0.2, 0) is 4.79 Å². The summed E-state index contributed by atoms with van der Waals surface area (Å²) in [6, 6.07) is 15.5. The fourth-order valence-electron chi connectivity index (χ4n) is 4.08. The predicted molar refractivity (Wildman–Crippen MR) is 131 cm³/mol. The molecule has 0 saturated carbocycles. The fraction of sp³-hybridized carbons (Fsp3) is 0.120. The molecule has 5 aromatic rings. The summed E-state index contributed by atoms with van der Waals surface area (Å²) in [6.07, 6.45) is 3.47. The molecule has 0 bridgehead atoms. The first-order chi connectivity index (χ1) is 17.3. The predicted octanol–water partition coefficient (Wildman–Crippen LogP) is 4.70. The van der Waals surface area contributed by atoms with Crippen LogP contribution in [0.3, 0.4) is 0 Å². The lowest BCUT2D eigenvalue weighted by Gasteiger charge is -2.15. The van der Waals surface area contributed by atoms with Crippen LogP contribution in [0, 0.1) is 6.92 Å². The van der Waals surface area contributed by atoms with Gasteiger partial charge in [0.2, 0.25) is 11.9 Å². The molecule has 3 heterocycles. The number of nitrogen functional groups attached to an aromatic ring is 1. The number of amides is 1. The number of aromatic nitrogens is 5. The molecule has 0 aliphatic rings. The third-order valence-corrected chi connectivity index (χ3v) is 5.58. The van der Waals surface area contributed by atoms with Crippen molar-refractivity contribution < 1.29 is 18.3 Å². The number of alkyl halides is 2. The van der Waals surface area contributed by atoms with Crippen LogP contribution in [0.1, 0.15) is 12.5 Å². The molecule has 3 aromatic heterocycles. The Kier molecular flexibility index (Phi) is 5.80. The molecule has 0 fully saturated rings. The van der Waals surface area contributed by atoms with Gasteiger partial charge in [-0.3, -0.25) is 10.1 Å². The smallest absolute Gasteiger partial charge is 0.387 e. The lowest BCUT2D eigenvalue weighted by atomic mass is 9.96. The monoisotopic (exact) mass is 489 g/mol. The zero-order valence-corrected chi connectivity index (χ0v) is 19.3. The van der Waals surface area contributed by atoms with Crippen molar-refractivity contribution in [3.8, 4) is 33.8 Å². The Morgan fingerprint density at radius 1 is 1.14 bits per heavy atom. The van der Waals surface area contributed by atoms with E-state index in [2.05, 4.69) is 25.2 Å². The molecule has 5 rings (SSSR count). The van der Waals surface area contributed by atoms with E-state index in [0.717, 1.165) is 22.5 Å². The Morgan fingerprint density at radius 3 is 2.64 bits per heavy atom. The van der Waals surface area contributed by atoms with Gasteiger partial charge in [0.1, 0.15) is 5.75 Å². The van der Waals surface area contributed by atoms with Crippen LogP contribution < -0.4 is 15.8 Å². The van der Waals surface area contributed by atoms with E-state index in [-0.39, 0.29) is 17.6 Å². The molecule has 1 amide bonds. The van der Waals surface area contributed by atoms with Gasteiger partial charge < -0.3 is 10.5 Å². The Morgan fingerprint density at radius 2 is 1.92 bits per heavy atom. The van der Waals surface area contributed by atoms with E-state index in [9.17, 15) is 13.6 Å². The van der Waals surface area contributed by atoms with Gasteiger partial charge in [-0.2, -0.15) is 18.9 Å². The van der Waals surface area contributed by atoms with Crippen LogP contribution >= 0.6 is 0 Å². The molecule has 0 aliphatic carbocycles. The number of ether oxygens (including phenoxy) is 1. The lowest BCUT2D eigenvalue weighted by molar-refractivity contribution is -0.114. The second-order valence-corrected chi connectivity index (χ2v) is 8.05. The first-order valence-electron chi connectivity index (χ1n) is 10.9. The number of fused-ring (bicyclic) bond motifs is 1. The van der Waals surface area contributed by atoms with Gasteiger partial charge in [0.25, 0.3) is 0 Å². The normalized spacial score (nSPS) is 11.2. The molecule has 0 unspecified atom stereocenters. The molecule has 0 atom stereocenters. The van der Waals surface area contributed by atoms with Crippen LogP contribution in [0.5, 0.6) is 5.75 Å². The molecule has 0 spiro atoms. The standard InChI is InChI=1S/C25H21F2N7O2/c1-14-20(21-10-11-29-34(21)18-8-6-17(28)7-9-18)13-33-23(31-25(32-33)30-15(2)35)22(14)16-4-3-5-19(12-16)36-24(26)27/h3-13,24H,28H2,1-2H3,(H,30,32,35). The van der Waals surface area contributed by atoms with E-state index in [1.807, 2.05) is 25.1 Å². The van der Waals surface area contributed by atoms with E-state index in [4.69, 9.17) is 5.73 Å². The van der Waals surface area contributed by atoms with E-state index >= 15 is 0 Å². The van der Waals surface area contributed by atoms with Gasteiger partial charge in [-0.05, 0) is 60.5 Å². The van der Waals surface area contributed by atoms with E-state index in [0.29, 0.717) is 22.5 Å². The molecular formula is C25H21F2N7O2. The highest BCUT2D eigenvalue weighted by Gasteiger charge is 2.21. The average Bonchev–Trinajstić information content (AvgIpc) is 3.45. The number of nitrogens with two attached hydrogens (primary N) is 1. The summed E-state index contributed by atoms with van der Waals surface area (Å²) in [5, 5.41) is 11.5. The third kappa shape index (κ3) is 4.33. The van der Waals surface area contributed by atoms with E-state index in [1.165, 1.54) is 19.1 Å². The van der Waals surface area contributed by atoms with Crippen LogP contribution in [0.25, 0.3) is 33.7 Å². The maximum Gasteiger partial charge on any atom is 0.387 e. The fourth-order valence-corrected chi connectivity index (χ4v) is 4.08. The van der Waals surface area contributed by atoms with Gasteiger partial charge in [0, 0.05) is 29.9 Å². The average molecular weight is 489 g/mol. The second kappa shape index (κ2) is 9.10. The highest BCUT2D eigenvalue weighted by atomic mass is 19.3. The maximum atomic E-state index is 12.9. The van der Waals surface area contributed by atoms with Crippen molar-refractivity contribution in [1.29, 1.82) is 0 Å². The second-order valence-electron chi connectivity index (χ2n) is 8.05. The van der Waals surface area contributed by atoms with Crippen LogP contribution in [0.2, 0.25) is 0 Å². The molecule has 0 saturated heterocycles. The largest absolute Gasteiger partial charge is 0.435 e. The number of carbonyl (C=O) groups excluding carboxylic acids is 1. The molecule has 3 N–H and O–H groups in total. The number of rotatable bonds is 6. The zero-order chi connectivity index (χ0) is 25.4. The maximum absolute atomic E-state index is 12.9. The number of nitrogens with zero attached hydrogens (tertiary/aromatic N) is 5. The number of halogens is 2. The Labute approximate surface area is 204 Å². The minimum absolute atomic E-state index is 0.0129. The summed E-state index contributed by atoms with van der Waals surface area (Å²) in [6.45, 7) is 0.305. The van der Waals surface area contributed by atoms with E-state index < -0.39 is 6.61 Å². The quantitative estimate of drug-likeness (QED) is 0.335. The molecule has 11 heteroatoms. The molecule has 182 valence electrons. The highest BCUT2D eigenvalue weighted by molar-refractivity contribution is 5.90. The number of pyridine rings is 1. The number of benzene rings is 2. The summed E-state index contributed by atoms with van der Waals surface area (Å²) in [5.74, 6) is -0.190. The molecule has 0 radical (unpaired) electrons. The summed E-state index contributed by atoms with van der Waals surface area (Å²) >= 11 is 0. The van der Waals surface area contributed by atoms with Crippen molar-refractivity contribution in [2.24, 2.45) is 0 Å². The highest BCUT2D eigenvalue weighted by Crippen LogP contribution is 2.37. The van der Waals surface area contributed by atoms with E-state index in [1.54, 1.807) is 45.9 Å². The topological polar surface area (TPSA) is 112 Å². The van der Waals surface area contributed by atoms with Gasteiger partial charge in [-0.25, -0.2) is 9.20 Å². The number of carbonyl (C=O) groups is 1. The molecule has 9 nitrogen and oxygen atoms in total. The van der Waals surface area contributed by atoms with Crippen molar-refractivity contribution in [1.82, 2.24) is 24.4 Å². The van der Waals surface area contributed by atoms with Crippen molar-refractivity contribution in [3.05, 3.63) is 72.6 Å². The molecular weight excluding hydrogens is 468 g/mol. The summed E-state index contributed by atoms with van der Waals surface area (Å²) in [7, 11) is 0. The first kappa shape index (κ1) is 23.0. The summed E-state index contributed by atoms with van der Waals surface area (Å²) in [4.78, 5) is 16.1.